The summed E-state index contributed by atoms with van der Waals surface area (Å²) in [6.07, 6.45) is 9.30. The molecule has 0 radical (unpaired) electrons. The van der Waals surface area contributed by atoms with Crippen LogP contribution in [-0.2, 0) is 19.1 Å². The molecule has 1 aromatic carbocycles. The number of hydrogen-bond donors (Lipinski definition) is 0. The van der Waals surface area contributed by atoms with Gasteiger partial charge in [-0.25, -0.2) is 0 Å². The van der Waals surface area contributed by atoms with Crippen molar-refractivity contribution in [3.05, 3.63) is 47.5 Å². The molecule has 4 aliphatic carbocycles. The number of rotatable bonds is 2. The molecule has 0 bridgehead atoms. The minimum Gasteiger partial charge on any atom is -0.462 e. The predicted molar refractivity (Wildman–Crippen MR) is 121 cm³/mol. The monoisotopic (exact) mass is 434 g/mol. The Morgan fingerprint density at radius 1 is 1.06 bits per heavy atom. The van der Waals surface area contributed by atoms with Crippen LogP contribution in [-0.4, -0.2) is 23.5 Å². The molecule has 3 saturated carbocycles. The summed E-state index contributed by atoms with van der Waals surface area (Å²) in [5.41, 5.74) is 1.95. The fourth-order valence-corrected chi connectivity index (χ4v) is 8.31. The molecule has 4 heteroatoms. The van der Waals surface area contributed by atoms with E-state index in [-0.39, 0.29) is 29.0 Å². The summed E-state index contributed by atoms with van der Waals surface area (Å²) in [5.74, 6) is 1.73. The first kappa shape index (κ1) is 20.7. The van der Waals surface area contributed by atoms with Crippen molar-refractivity contribution >= 4 is 11.8 Å². The Morgan fingerprint density at radius 3 is 2.56 bits per heavy atom. The Kier molecular flexibility index (Phi) is 4.38. The molecule has 5 aliphatic rings. The highest BCUT2D eigenvalue weighted by atomic mass is 16.6. The van der Waals surface area contributed by atoms with Crippen LogP contribution in [0.15, 0.2) is 42.0 Å². The highest BCUT2D eigenvalue weighted by Crippen LogP contribution is 2.71. The number of fused-ring (bicyclic) bond motifs is 5. The number of ketones is 1. The van der Waals surface area contributed by atoms with Crippen LogP contribution in [0.25, 0.3) is 0 Å². The van der Waals surface area contributed by atoms with Gasteiger partial charge >= 0.3 is 5.97 Å². The summed E-state index contributed by atoms with van der Waals surface area (Å²) in [7, 11) is 0. The Labute approximate surface area is 190 Å². The van der Waals surface area contributed by atoms with Gasteiger partial charge in [0, 0.05) is 18.8 Å². The Balaban J connectivity index is 1.28. The third-order valence-electron chi connectivity index (χ3n) is 10.0. The van der Waals surface area contributed by atoms with Crippen LogP contribution in [0, 0.1) is 28.6 Å². The molecule has 1 unspecified atom stereocenters. The number of esters is 1. The lowest BCUT2D eigenvalue weighted by molar-refractivity contribution is -0.148. The van der Waals surface area contributed by atoms with E-state index in [1.54, 1.807) is 0 Å². The Bertz CT molecular complexity index is 998. The van der Waals surface area contributed by atoms with E-state index in [4.69, 9.17) is 9.47 Å². The van der Waals surface area contributed by atoms with Crippen molar-refractivity contribution in [1.82, 2.24) is 0 Å². The normalized spacial score (nSPS) is 46.7. The summed E-state index contributed by atoms with van der Waals surface area (Å²) < 4.78 is 11.8. The highest BCUT2D eigenvalue weighted by Gasteiger charge is 2.75. The minimum atomic E-state index is -0.590. The van der Waals surface area contributed by atoms with Crippen molar-refractivity contribution < 1.29 is 19.1 Å². The number of benzene rings is 1. The molecule has 8 atom stereocenters. The molecule has 0 amide bonds. The van der Waals surface area contributed by atoms with Gasteiger partial charge in [-0.2, -0.15) is 0 Å². The van der Waals surface area contributed by atoms with Crippen LogP contribution in [0.1, 0.15) is 77.4 Å². The maximum Gasteiger partial charge on any atom is 0.302 e. The van der Waals surface area contributed by atoms with Gasteiger partial charge in [-0.3, -0.25) is 9.59 Å². The third-order valence-corrected chi connectivity index (χ3v) is 10.0. The summed E-state index contributed by atoms with van der Waals surface area (Å²) in [6, 6.07) is 10.3. The van der Waals surface area contributed by atoms with E-state index in [2.05, 4.69) is 32.1 Å². The van der Waals surface area contributed by atoms with Crippen molar-refractivity contribution in [3.8, 4) is 0 Å². The largest absolute Gasteiger partial charge is 0.462 e. The molecule has 1 aromatic rings. The molecular weight excluding hydrogens is 400 g/mol. The van der Waals surface area contributed by atoms with Gasteiger partial charge in [0.1, 0.15) is 12.2 Å². The highest BCUT2D eigenvalue weighted by molar-refractivity contribution is 5.98. The predicted octanol–water partition coefficient (Wildman–Crippen LogP) is 5.57. The summed E-state index contributed by atoms with van der Waals surface area (Å²) >= 11 is 0. The number of epoxide rings is 1. The van der Waals surface area contributed by atoms with Crippen LogP contribution in [0.4, 0.5) is 0 Å². The maximum absolute atomic E-state index is 13.8. The first-order valence-corrected chi connectivity index (χ1v) is 12.4. The third kappa shape index (κ3) is 2.71. The Hall–Kier alpha value is -1.94. The SMILES string of the molecule is CC(=O)O[C@H]1CC[C@@]2(C)C(=CC[C@@H]3[C@@H]2CC[C@]2(C)C(=O)[C@]4(C[C@@H]32)OC4c2ccccc2)C1. The van der Waals surface area contributed by atoms with Crippen LogP contribution in [0.5, 0.6) is 0 Å². The summed E-state index contributed by atoms with van der Waals surface area (Å²) in [4.78, 5) is 25.3. The van der Waals surface area contributed by atoms with Gasteiger partial charge in [0.25, 0.3) is 0 Å². The van der Waals surface area contributed by atoms with E-state index in [1.807, 2.05) is 18.2 Å². The molecule has 1 saturated heterocycles. The van der Waals surface area contributed by atoms with E-state index < -0.39 is 5.60 Å². The molecular formula is C28H34O4. The van der Waals surface area contributed by atoms with E-state index >= 15 is 0 Å². The van der Waals surface area contributed by atoms with Gasteiger partial charge < -0.3 is 9.47 Å². The number of hydrogen-bond acceptors (Lipinski definition) is 4. The molecule has 4 fully saturated rings. The van der Waals surface area contributed by atoms with Gasteiger partial charge in [-0.15, -0.1) is 0 Å². The van der Waals surface area contributed by atoms with Crippen LogP contribution in [0.2, 0.25) is 0 Å². The smallest absolute Gasteiger partial charge is 0.302 e. The molecule has 0 aromatic heterocycles. The van der Waals surface area contributed by atoms with Crippen molar-refractivity contribution in [2.24, 2.45) is 28.6 Å². The van der Waals surface area contributed by atoms with E-state index in [0.717, 1.165) is 50.5 Å². The average molecular weight is 435 g/mol. The summed E-state index contributed by atoms with van der Waals surface area (Å²) in [6.45, 7) is 6.18. The molecule has 4 nitrogen and oxygen atoms in total. The van der Waals surface area contributed by atoms with Crippen LogP contribution >= 0.6 is 0 Å². The lowest BCUT2D eigenvalue weighted by Crippen LogP contribution is -2.50. The molecule has 1 heterocycles. The number of allylic oxidation sites excluding steroid dienone is 1. The molecule has 1 aliphatic heterocycles. The van der Waals surface area contributed by atoms with Crippen molar-refractivity contribution in [3.63, 3.8) is 0 Å². The van der Waals surface area contributed by atoms with E-state index in [0.29, 0.717) is 23.5 Å². The zero-order valence-corrected chi connectivity index (χ0v) is 19.4. The van der Waals surface area contributed by atoms with Crippen molar-refractivity contribution in [2.75, 3.05) is 0 Å². The van der Waals surface area contributed by atoms with Crippen LogP contribution < -0.4 is 0 Å². The number of carbonyl (C=O) groups is 2. The number of ether oxygens (including phenoxy) is 2. The zero-order chi connectivity index (χ0) is 22.3. The number of carbonyl (C=O) groups excluding carboxylic acids is 2. The van der Waals surface area contributed by atoms with Gasteiger partial charge in [0.2, 0.25) is 0 Å². The molecule has 0 N–H and O–H groups in total. The quantitative estimate of drug-likeness (QED) is 0.347. The molecule has 6 rings (SSSR count). The van der Waals surface area contributed by atoms with Gasteiger partial charge in [-0.1, -0.05) is 55.8 Å². The topological polar surface area (TPSA) is 55.9 Å². The second-order valence-electron chi connectivity index (χ2n) is 11.5. The van der Waals surface area contributed by atoms with E-state index in [9.17, 15) is 9.59 Å². The average Bonchev–Trinajstić information content (AvgIpc) is 3.45. The van der Waals surface area contributed by atoms with Gasteiger partial charge in [-0.05, 0) is 67.3 Å². The fourth-order valence-electron chi connectivity index (χ4n) is 8.31. The molecule has 170 valence electrons. The lowest BCUT2D eigenvalue weighted by atomic mass is 9.48. The first-order valence-electron chi connectivity index (χ1n) is 12.4. The number of Topliss-reactive ketones (excluding diaryl/α,β-unsaturated/α-hetero) is 1. The standard InChI is InChI=1S/C28H34O4/c1-17(29)31-20-11-13-26(2)19(15-20)9-10-21-22(26)12-14-27(3)23(21)16-28(25(27)30)24(32-28)18-7-5-4-6-8-18/h4-9,20-24H,10-16H2,1-3H3/t20-,21+,22-,23-,24?,26-,27-,28+/m0/s1. The van der Waals surface area contributed by atoms with Crippen molar-refractivity contribution in [2.45, 2.75) is 83.5 Å². The van der Waals surface area contributed by atoms with Crippen molar-refractivity contribution in [1.29, 1.82) is 0 Å². The lowest BCUT2D eigenvalue weighted by Gasteiger charge is -2.56. The zero-order valence-electron chi connectivity index (χ0n) is 19.4. The van der Waals surface area contributed by atoms with Gasteiger partial charge in [0.05, 0.1) is 0 Å². The fraction of sp³-hybridized carbons (Fsp3) is 0.643. The summed E-state index contributed by atoms with van der Waals surface area (Å²) in [5, 5.41) is 0. The minimum absolute atomic E-state index is 0.0278. The first-order chi connectivity index (χ1) is 15.3. The Morgan fingerprint density at radius 2 is 1.81 bits per heavy atom. The maximum atomic E-state index is 13.8. The molecule has 1 spiro atoms. The molecule has 32 heavy (non-hydrogen) atoms. The van der Waals surface area contributed by atoms with Crippen LogP contribution in [0.3, 0.4) is 0 Å². The van der Waals surface area contributed by atoms with E-state index in [1.165, 1.54) is 12.5 Å². The van der Waals surface area contributed by atoms with Gasteiger partial charge in [0.15, 0.2) is 11.4 Å². The second kappa shape index (κ2) is 6.79. The second-order valence-corrected chi connectivity index (χ2v) is 11.5.